The van der Waals surface area contributed by atoms with Gasteiger partial charge in [-0.1, -0.05) is 32.0 Å². The SMILES string of the molecule is CCOc1ccc(Nc2cnc(C(=O)Nc3c(C)cccc3C(C)C)cn2)cc1. The van der Waals surface area contributed by atoms with Crippen LogP contribution in [0, 0.1) is 6.92 Å². The van der Waals surface area contributed by atoms with Crippen molar-refractivity contribution in [2.45, 2.75) is 33.6 Å². The maximum Gasteiger partial charge on any atom is 0.275 e. The van der Waals surface area contributed by atoms with E-state index < -0.39 is 0 Å². The maximum absolute atomic E-state index is 12.7. The Bertz CT molecular complexity index is 967. The van der Waals surface area contributed by atoms with Gasteiger partial charge in [-0.25, -0.2) is 9.97 Å². The van der Waals surface area contributed by atoms with Gasteiger partial charge >= 0.3 is 0 Å². The Morgan fingerprint density at radius 2 is 1.83 bits per heavy atom. The lowest BCUT2D eigenvalue weighted by Gasteiger charge is -2.16. The van der Waals surface area contributed by atoms with E-state index in [2.05, 4.69) is 34.4 Å². The molecule has 150 valence electrons. The molecule has 3 rings (SSSR count). The molecule has 3 aromatic rings. The summed E-state index contributed by atoms with van der Waals surface area (Å²) in [5, 5.41) is 6.15. The van der Waals surface area contributed by atoms with Crippen LogP contribution < -0.4 is 15.4 Å². The molecule has 0 spiro atoms. The molecule has 29 heavy (non-hydrogen) atoms. The normalized spacial score (nSPS) is 10.7. The monoisotopic (exact) mass is 390 g/mol. The Morgan fingerprint density at radius 3 is 2.45 bits per heavy atom. The number of aromatic nitrogens is 2. The van der Waals surface area contributed by atoms with E-state index in [1.165, 1.54) is 6.20 Å². The molecule has 0 aliphatic carbocycles. The van der Waals surface area contributed by atoms with E-state index in [9.17, 15) is 4.79 Å². The standard InChI is InChI=1S/C23H26N4O2/c1-5-29-18-11-9-17(10-12-18)26-21-14-24-20(13-25-21)23(28)27-22-16(4)7-6-8-19(22)15(2)3/h6-15H,5H2,1-4H3,(H,25,26)(H,27,28). The van der Waals surface area contributed by atoms with Gasteiger partial charge in [0.2, 0.25) is 0 Å². The average molecular weight is 390 g/mol. The van der Waals surface area contributed by atoms with Crippen LogP contribution in [0.1, 0.15) is 48.3 Å². The van der Waals surface area contributed by atoms with Crippen LogP contribution in [0.5, 0.6) is 5.75 Å². The number of nitrogens with one attached hydrogen (secondary N) is 2. The van der Waals surface area contributed by atoms with Crippen molar-refractivity contribution in [3.05, 3.63) is 71.7 Å². The first-order valence-electron chi connectivity index (χ1n) is 9.70. The molecule has 2 N–H and O–H groups in total. The summed E-state index contributed by atoms with van der Waals surface area (Å²) in [4.78, 5) is 21.2. The van der Waals surface area contributed by atoms with Crippen molar-refractivity contribution in [1.82, 2.24) is 9.97 Å². The molecule has 0 atom stereocenters. The lowest BCUT2D eigenvalue weighted by molar-refractivity contribution is 0.102. The molecule has 6 heteroatoms. The van der Waals surface area contributed by atoms with Crippen LogP contribution in [-0.4, -0.2) is 22.5 Å². The first kappa shape index (κ1) is 20.3. The minimum atomic E-state index is -0.277. The van der Waals surface area contributed by atoms with Crippen molar-refractivity contribution in [3.8, 4) is 5.75 Å². The summed E-state index contributed by atoms with van der Waals surface area (Å²) < 4.78 is 5.43. The number of aryl methyl sites for hydroxylation is 1. The van der Waals surface area contributed by atoms with Crippen molar-refractivity contribution in [2.75, 3.05) is 17.2 Å². The summed E-state index contributed by atoms with van der Waals surface area (Å²) in [6.45, 7) is 8.76. The number of amides is 1. The van der Waals surface area contributed by atoms with Crippen LogP contribution in [0.4, 0.5) is 17.2 Å². The molecule has 1 heterocycles. The Kier molecular flexibility index (Phi) is 6.44. The van der Waals surface area contributed by atoms with Gasteiger partial charge in [0.1, 0.15) is 17.3 Å². The summed E-state index contributed by atoms with van der Waals surface area (Å²) in [6.07, 6.45) is 3.02. The predicted molar refractivity (Wildman–Crippen MR) is 116 cm³/mol. The van der Waals surface area contributed by atoms with E-state index in [-0.39, 0.29) is 11.6 Å². The highest BCUT2D eigenvalue weighted by atomic mass is 16.5. The van der Waals surface area contributed by atoms with Crippen molar-refractivity contribution in [3.63, 3.8) is 0 Å². The van der Waals surface area contributed by atoms with E-state index in [0.29, 0.717) is 18.3 Å². The molecular formula is C23H26N4O2. The van der Waals surface area contributed by atoms with E-state index in [1.807, 2.05) is 56.3 Å². The molecule has 1 amide bonds. The molecular weight excluding hydrogens is 364 g/mol. The topological polar surface area (TPSA) is 76.1 Å². The van der Waals surface area contributed by atoms with Crippen molar-refractivity contribution < 1.29 is 9.53 Å². The Labute approximate surface area is 171 Å². The molecule has 0 radical (unpaired) electrons. The van der Waals surface area contributed by atoms with Crippen LogP contribution in [0.25, 0.3) is 0 Å². The van der Waals surface area contributed by atoms with E-state index in [1.54, 1.807) is 6.20 Å². The van der Waals surface area contributed by atoms with E-state index in [4.69, 9.17) is 4.74 Å². The number of benzene rings is 2. The molecule has 1 aromatic heterocycles. The smallest absolute Gasteiger partial charge is 0.275 e. The van der Waals surface area contributed by atoms with Gasteiger partial charge in [0.05, 0.1) is 19.0 Å². The molecule has 0 fully saturated rings. The van der Waals surface area contributed by atoms with Crippen LogP contribution in [0.15, 0.2) is 54.9 Å². The van der Waals surface area contributed by atoms with Crippen LogP contribution in [0.2, 0.25) is 0 Å². The average Bonchev–Trinajstić information content (AvgIpc) is 2.71. The fourth-order valence-electron chi connectivity index (χ4n) is 2.98. The number of para-hydroxylation sites is 1. The van der Waals surface area contributed by atoms with Gasteiger partial charge < -0.3 is 15.4 Å². The number of rotatable bonds is 7. The van der Waals surface area contributed by atoms with Crippen molar-refractivity contribution in [1.29, 1.82) is 0 Å². The van der Waals surface area contributed by atoms with E-state index in [0.717, 1.165) is 28.3 Å². The van der Waals surface area contributed by atoms with Gasteiger partial charge in [0.15, 0.2) is 0 Å². The van der Waals surface area contributed by atoms with Crippen LogP contribution >= 0.6 is 0 Å². The number of hydrogen-bond donors (Lipinski definition) is 2. The second-order valence-corrected chi connectivity index (χ2v) is 7.02. The number of hydrogen-bond acceptors (Lipinski definition) is 5. The summed E-state index contributed by atoms with van der Waals surface area (Å²) in [5.74, 6) is 1.40. The van der Waals surface area contributed by atoms with Gasteiger partial charge in [0.25, 0.3) is 5.91 Å². The molecule has 0 aliphatic rings. The van der Waals surface area contributed by atoms with Crippen LogP contribution in [0.3, 0.4) is 0 Å². The molecule has 0 saturated carbocycles. The first-order valence-corrected chi connectivity index (χ1v) is 9.70. The van der Waals surface area contributed by atoms with Crippen molar-refractivity contribution in [2.24, 2.45) is 0 Å². The van der Waals surface area contributed by atoms with Gasteiger partial charge in [-0.3, -0.25) is 4.79 Å². The number of nitrogens with zero attached hydrogens (tertiary/aromatic N) is 2. The lowest BCUT2D eigenvalue weighted by atomic mass is 9.98. The Hall–Kier alpha value is -3.41. The number of carbonyl (C=O) groups is 1. The fourth-order valence-corrected chi connectivity index (χ4v) is 2.98. The van der Waals surface area contributed by atoms with Gasteiger partial charge in [0, 0.05) is 11.4 Å². The zero-order valence-electron chi connectivity index (χ0n) is 17.2. The predicted octanol–water partition coefficient (Wildman–Crippen LogP) is 5.30. The molecule has 6 nitrogen and oxygen atoms in total. The maximum atomic E-state index is 12.7. The minimum absolute atomic E-state index is 0.264. The molecule has 0 bridgehead atoms. The van der Waals surface area contributed by atoms with Gasteiger partial charge in [-0.2, -0.15) is 0 Å². The summed E-state index contributed by atoms with van der Waals surface area (Å²) in [6, 6.07) is 13.6. The third kappa shape index (κ3) is 5.10. The zero-order chi connectivity index (χ0) is 20.8. The summed E-state index contributed by atoms with van der Waals surface area (Å²) in [7, 11) is 0. The second-order valence-electron chi connectivity index (χ2n) is 7.02. The highest BCUT2D eigenvalue weighted by molar-refractivity contribution is 6.03. The largest absolute Gasteiger partial charge is 0.494 e. The van der Waals surface area contributed by atoms with Crippen LogP contribution in [-0.2, 0) is 0 Å². The first-order chi connectivity index (χ1) is 14.0. The minimum Gasteiger partial charge on any atom is -0.494 e. The number of ether oxygens (including phenoxy) is 1. The quantitative estimate of drug-likeness (QED) is 0.572. The number of anilines is 3. The molecule has 0 saturated heterocycles. The fraction of sp³-hybridized carbons (Fsp3) is 0.261. The highest BCUT2D eigenvalue weighted by Gasteiger charge is 2.14. The third-order valence-electron chi connectivity index (χ3n) is 4.49. The Morgan fingerprint density at radius 1 is 1.07 bits per heavy atom. The second kappa shape index (κ2) is 9.19. The zero-order valence-corrected chi connectivity index (χ0v) is 17.2. The van der Waals surface area contributed by atoms with Crippen molar-refractivity contribution >= 4 is 23.1 Å². The summed E-state index contributed by atoms with van der Waals surface area (Å²) >= 11 is 0. The Balaban J connectivity index is 1.69. The molecule has 2 aromatic carbocycles. The highest BCUT2D eigenvalue weighted by Crippen LogP contribution is 2.27. The molecule has 0 unspecified atom stereocenters. The van der Waals surface area contributed by atoms with E-state index >= 15 is 0 Å². The third-order valence-corrected chi connectivity index (χ3v) is 4.49. The summed E-state index contributed by atoms with van der Waals surface area (Å²) in [5.41, 5.74) is 4.08. The lowest BCUT2D eigenvalue weighted by Crippen LogP contribution is -2.16. The van der Waals surface area contributed by atoms with Gasteiger partial charge in [-0.15, -0.1) is 0 Å². The molecule has 0 aliphatic heterocycles. The number of carbonyl (C=O) groups excluding carboxylic acids is 1. The van der Waals surface area contributed by atoms with Gasteiger partial charge in [-0.05, 0) is 55.2 Å².